The second-order valence-corrected chi connectivity index (χ2v) is 5.52. The number of aliphatic carboxylic acids is 1. The lowest BCUT2D eigenvalue weighted by Gasteiger charge is -2.11. The molecule has 0 radical (unpaired) electrons. The van der Waals surface area contributed by atoms with Gasteiger partial charge in [-0.3, -0.25) is 0 Å². The van der Waals surface area contributed by atoms with Gasteiger partial charge in [-0.2, -0.15) is 0 Å². The Bertz CT molecular complexity index is 705. The number of hydrogen-bond donors (Lipinski definition) is 1. The van der Waals surface area contributed by atoms with Gasteiger partial charge in [-0.25, -0.2) is 4.79 Å². The lowest BCUT2D eigenvalue weighted by Crippen LogP contribution is -1.94. The van der Waals surface area contributed by atoms with Gasteiger partial charge in [0.1, 0.15) is 11.5 Å². The Kier molecular flexibility index (Phi) is 5.44. The van der Waals surface area contributed by atoms with Crippen LogP contribution < -0.4 is 4.74 Å². The third kappa shape index (κ3) is 4.27. The van der Waals surface area contributed by atoms with Crippen molar-refractivity contribution >= 4 is 22.6 Å². The van der Waals surface area contributed by atoms with Crippen molar-refractivity contribution in [3.05, 3.63) is 77.7 Å². The summed E-state index contributed by atoms with van der Waals surface area (Å²) in [7, 11) is 0. The average Bonchev–Trinajstić information content (AvgIpc) is 2.53. The summed E-state index contributed by atoms with van der Waals surface area (Å²) in [5.74, 6) is 0.492. The minimum absolute atomic E-state index is 0.271. The van der Waals surface area contributed by atoms with E-state index in [9.17, 15) is 4.79 Å². The van der Waals surface area contributed by atoms with E-state index in [-0.39, 0.29) is 5.57 Å². The van der Waals surface area contributed by atoms with Crippen LogP contribution in [0.1, 0.15) is 12.5 Å². The third-order valence-electron chi connectivity index (χ3n) is 2.87. The highest BCUT2D eigenvalue weighted by Crippen LogP contribution is 2.35. The van der Waals surface area contributed by atoms with Gasteiger partial charge in [-0.15, -0.1) is 0 Å². The Morgan fingerprint density at radius 2 is 1.77 bits per heavy atom. The minimum Gasteiger partial charge on any atom is -0.478 e. The molecule has 22 heavy (non-hydrogen) atoms. The fourth-order valence-corrected chi connectivity index (χ4v) is 2.39. The molecule has 0 heterocycles. The second kappa shape index (κ2) is 7.52. The van der Waals surface area contributed by atoms with Gasteiger partial charge in [0.25, 0.3) is 0 Å². The van der Waals surface area contributed by atoms with E-state index < -0.39 is 5.97 Å². The van der Waals surface area contributed by atoms with Gasteiger partial charge >= 0.3 is 5.97 Å². The maximum atomic E-state index is 10.8. The summed E-state index contributed by atoms with van der Waals surface area (Å²) in [4.78, 5) is 11.5. The molecule has 0 atom stereocenters. The van der Waals surface area contributed by atoms with E-state index in [2.05, 4.69) is 6.58 Å². The highest BCUT2D eigenvalue weighted by Gasteiger charge is 2.08. The second-order valence-electron chi connectivity index (χ2n) is 4.56. The van der Waals surface area contributed by atoms with Crippen molar-refractivity contribution in [3.8, 4) is 11.5 Å². The lowest BCUT2D eigenvalue weighted by molar-refractivity contribution is -0.132. The van der Waals surface area contributed by atoms with E-state index in [4.69, 9.17) is 9.84 Å². The molecule has 4 heteroatoms. The Morgan fingerprint density at radius 1 is 1.14 bits per heavy atom. The summed E-state index contributed by atoms with van der Waals surface area (Å²) < 4.78 is 5.87. The molecule has 0 saturated heterocycles. The summed E-state index contributed by atoms with van der Waals surface area (Å²) in [6.07, 6.45) is 0. The van der Waals surface area contributed by atoms with Crippen molar-refractivity contribution in [1.82, 2.24) is 0 Å². The molecule has 1 N–H and O–H groups in total. The van der Waals surface area contributed by atoms with Crippen LogP contribution in [-0.4, -0.2) is 11.1 Å². The summed E-state index contributed by atoms with van der Waals surface area (Å²) in [5.41, 5.74) is 1.11. The zero-order valence-corrected chi connectivity index (χ0v) is 13.0. The van der Waals surface area contributed by atoms with Crippen LogP contribution >= 0.6 is 11.8 Å². The summed E-state index contributed by atoms with van der Waals surface area (Å²) in [5, 5.41) is 10.5. The number of benzene rings is 2. The maximum Gasteiger partial charge on any atom is 0.331 e. The van der Waals surface area contributed by atoms with Crippen molar-refractivity contribution in [2.75, 3.05) is 0 Å². The first-order valence-corrected chi connectivity index (χ1v) is 7.54. The molecule has 2 rings (SSSR count). The number of carboxylic acids is 1. The van der Waals surface area contributed by atoms with Crippen LogP contribution in [0.2, 0.25) is 0 Å². The van der Waals surface area contributed by atoms with E-state index in [1.165, 1.54) is 11.8 Å². The lowest BCUT2D eigenvalue weighted by atomic mass is 10.2. The topological polar surface area (TPSA) is 46.5 Å². The molecule has 0 bridgehead atoms. The Hall–Kier alpha value is -2.46. The molecule has 112 valence electrons. The average molecular weight is 312 g/mol. The van der Waals surface area contributed by atoms with Crippen LogP contribution in [0.5, 0.6) is 11.5 Å². The molecule has 0 spiro atoms. The van der Waals surface area contributed by atoms with Gasteiger partial charge in [-0.05, 0) is 30.5 Å². The molecule has 0 unspecified atom stereocenters. The van der Waals surface area contributed by atoms with Crippen LogP contribution in [0.4, 0.5) is 0 Å². The van der Waals surface area contributed by atoms with Crippen molar-refractivity contribution in [2.24, 2.45) is 0 Å². The molecular weight excluding hydrogens is 296 g/mol. The standard InChI is InChI=1S/C18H16O3S/c1-13(18(19)20)12-22-14(2)16-10-6-7-11-17(16)21-15-8-4-3-5-9-15/h3-12H,2H2,1H3,(H,19,20)/b13-12+. The van der Waals surface area contributed by atoms with Crippen molar-refractivity contribution in [2.45, 2.75) is 6.92 Å². The zero-order valence-electron chi connectivity index (χ0n) is 12.2. The number of hydrogen-bond acceptors (Lipinski definition) is 3. The predicted molar refractivity (Wildman–Crippen MR) is 91.0 cm³/mol. The van der Waals surface area contributed by atoms with Gasteiger partial charge in [0.15, 0.2) is 0 Å². The van der Waals surface area contributed by atoms with Gasteiger partial charge < -0.3 is 9.84 Å². The normalized spacial score (nSPS) is 11.0. The van der Waals surface area contributed by atoms with Crippen LogP contribution in [0.25, 0.3) is 4.91 Å². The van der Waals surface area contributed by atoms with Gasteiger partial charge in [0, 0.05) is 16.0 Å². The first-order valence-electron chi connectivity index (χ1n) is 6.66. The highest BCUT2D eigenvalue weighted by molar-refractivity contribution is 8.10. The molecule has 3 nitrogen and oxygen atoms in total. The number of rotatable bonds is 6. The van der Waals surface area contributed by atoms with E-state index in [1.807, 2.05) is 54.6 Å². The Morgan fingerprint density at radius 3 is 2.45 bits per heavy atom. The van der Waals surface area contributed by atoms with E-state index >= 15 is 0 Å². The smallest absolute Gasteiger partial charge is 0.331 e. The third-order valence-corrected chi connectivity index (χ3v) is 3.85. The number of thioether (sulfide) groups is 1. The minimum atomic E-state index is -0.936. The van der Waals surface area contributed by atoms with Gasteiger partial charge in [0.2, 0.25) is 0 Å². The Labute approximate surface area is 133 Å². The number of para-hydroxylation sites is 2. The summed E-state index contributed by atoms with van der Waals surface area (Å²) in [6, 6.07) is 17.0. The highest BCUT2D eigenvalue weighted by atomic mass is 32.2. The molecule has 0 aliphatic heterocycles. The van der Waals surface area contributed by atoms with Crippen molar-refractivity contribution in [3.63, 3.8) is 0 Å². The molecule has 0 fully saturated rings. The molecule has 2 aromatic rings. The molecule has 0 aliphatic rings. The van der Waals surface area contributed by atoms with E-state index in [0.717, 1.165) is 16.2 Å². The molecule has 0 saturated carbocycles. The van der Waals surface area contributed by atoms with Crippen molar-refractivity contribution < 1.29 is 14.6 Å². The molecule has 0 amide bonds. The monoisotopic (exact) mass is 312 g/mol. The van der Waals surface area contributed by atoms with Gasteiger partial charge in [-0.1, -0.05) is 54.7 Å². The Balaban J connectivity index is 2.19. The predicted octanol–water partition coefficient (Wildman–Crippen LogP) is 5.17. The fraction of sp³-hybridized carbons (Fsp3) is 0.0556. The van der Waals surface area contributed by atoms with E-state index in [1.54, 1.807) is 12.3 Å². The first kappa shape index (κ1) is 15.9. The van der Waals surface area contributed by atoms with Crippen LogP contribution in [0, 0.1) is 0 Å². The SMILES string of the molecule is C=C(S/C=C(\C)C(=O)O)c1ccccc1Oc1ccccc1. The maximum absolute atomic E-state index is 10.8. The number of carboxylic acid groups (broad SMARTS) is 1. The summed E-state index contributed by atoms with van der Waals surface area (Å²) in [6.45, 7) is 5.55. The molecule has 0 aromatic heterocycles. The van der Waals surface area contributed by atoms with E-state index in [0.29, 0.717) is 5.75 Å². The van der Waals surface area contributed by atoms with Crippen LogP contribution in [0.15, 0.2) is 72.2 Å². The van der Waals surface area contributed by atoms with Crippen molar-refractivity contribution in [1.29, 1.82) is 0 Å². The first-order chi connectivity index (χ1) is 10.6. The van der Waals surface area contributed by atoms with Gasteiger partial charge in [0.05, 0.1) is 0 Å². The summed E-state index contributed by atoms with van der Waals surface area (Å²) >= 11 is 1.27. The molecule has 2 aromatic carbocycles. The number of ether oxygens (including phenoxy) is 1. The quantitative estimate of drug-likeness (QED) is 0.747. The van der Waals surface area contributed by atoms with Crippen LogP contribution in [0.3, 0.4) is 0 Å². The zero-order chi connectivity index (χ0) is 15.9. The fourth-order valence-electron chi connectivity index (χ4n) is 1.67. The van der Waals surface area contributed by atoms with Crippen LogP contribution in [-0.2, 0) is 4.79 Å². The molecule has 0 aliphatic carbocycles. The largest absolute Gasteiger partial charge is 0.478 e. The molecular formula is C18H16O3S. The number of carbonyl (C=O) groups is 1.